The quantitative estimate of drug-likeness (QED) is 0.274. The van der Waals surface area contributed by atoms with Crippen LogP contribution in [0.1, 0.15) is 83.7 Å². The van der Waals surface area contributed by atoms with E-state index in [1.54, 1.807) is 6.07 Å². The molecule has 232 valence electrons. The molecular weight excluding hydrogens is 521 g/mol. The summed E-state index contributed by atoms with van der Waals surface area (Å²) in [5, 5.41) is 10.7. The first kappa shape index (κ1) is 38.1. The van der Waals surface area contributed by atoms with Gasteiger partial charge in [-0.25, -0.2) is 14.2 Å². The highest BCUT2D eigenvalue weighted by Gasteiger charge is 2.25. The Morgan fingerprint density at radius 2 is 1.78 bits per heavy atom. The van der Waals surface area contributed by atoms with Gasteiger partial charge in [-0.3, -0.25) is 14.7 Å². The molecule has 8 nitrogen and oxygen atoms in total. The second-order valence-electron chi connectivity index (χ2n) is 10.2. The molecular formula is C32H54FN5O3. The number of hydrogen-bond acceptors (Lipinski definition) is 7. The van der Waals surface area contributed by atoms with E-state index < -0.39 is 11.8 Å². The maximum Gasteiger partial charge on any atom is 0.327 e. The van der Waals surface area contributed by atoms with Crippen molar-refractivity contribution in [1.29, 1.82) is 0 Å². The van der Waals surface area contributed by atoms with Crippen molar-refractivity contribution >= 4 is 23.9 Å². The molecule has 2 unspecified atom stereocenters. The zero-order chi connectivity index (χ0) is 31.4. The molecule has 0 spiro atoms. The third-order valence-corrected chi connectivity index (χ3v) is 7.00. The van der Waals surface area contributed by atoms with Crippen molar-refractivity contribution in [2.24, 2.45) is 15.9 Å². The Hall–Kier alpha value is -2.91. The zero-order valence-corrected chi connectivity index (χ0v) is 26.6. The number of nitrogens with one attached hydrogen (secondary N) is 1. The number of carbonyl (C=O) groups is 2. The number of nitrogens with zero attached hydrogens (tertiary/aromatic N) is 4. The Labute approximate surface area is 247 Å². The van der Waals surface area contributed by atoms with E-state index in [1.807, 2.05) is 27.0 Å². The molecule has 1 aromatic carbocycles. The first-order chi connectivity index (χ1) is 19.6. The van der Waals surface area contributed by atoms with E-state index in [4.69, 9.17) is 10.1 Å². The number of halogens is 1. The molecule has 2 atom stereocenters. The van der Waals surface area contributed by atoms with E-state index in [0.29, 0.717) is 24.3 Å². The van der Waals surface area contributed by atoms with Crippen molar-refractivity contribution in [3.05, 3.63) is 47.8 Å². The summed E-state index contributed by atoms with van der Waals surface area (Å²) in [5.74, 6) is 1.09. The molecule has 3 rings (SSSR count). The molecule has 2 N–H and O–H groups in total. The first-order valence-corrected chi connectivity index (χ1v) is 14.9. The zero-order valence-electron chi connectivity index (χ0n) is 26.6. The molecule has 9 heteroatoms. The molecule has 0 aliphatic carbocycles. The standard InChI is InChI=1S/C22H31FN4O.C5H13N.C3H4O2.C2H6/c1-16(2)22-24-14-21(25-22)27-11-9-26(10-12-27)17(3)5-4-6-18-7-8-19(15-28)20(23)13-18;1-4-5(2)6-3;1-2-3(4)5;1-2/h7-8,13,15-17H,4-6,9-12,14H2,1-3H3;5-6H,4H2,1-3H3;2H,1H2,(H,4,5);1-2H3. The minimum Gasteiger partial charge on any atom is -0.478 e. The van der Waals surface area contributed by atoms with Gasteiger partial charge in [0.2, 0.25) is 0 Å². The van der Waals surface area contributed by atoms with E-state index in [0.717, 1.165) is 75.3 Å². The Bertz CT molecular complexity index is 968. The van der Waals surface area contributed by atoms with Crippen LogP contribution in [0.2, 0.25) is 0 Å². The lowest BCUT2D eigenvalue weighted by molar-refractivity contribution is -0.131. The predicted molar refractivity (Wildman–Crippen MR) is 170 cm³/mol. The van der Waals surface area contributed by atoms with Gasteiger partial charge in [0.25, 0.3) is 0 Å². The van der Waals surface area contributed by atoms with Gasteiger partial charge in [-0.15, -0.1) is 0 Å². The Kier molecular flexibility index (Phi) is 20.2. The van der Waals surface area contributed by atoms with Crippen LogP contribution in [0.5, 0.6) is 0 Å². The number of carboxylic acid groups (broad SMARTS) is 1. The van der Waals surface area contributed by atoms with Crippen LogP contribution in [0.3, 0.4) is 0 Å². The van der Waals surface area contributed by atoms with Crippen molar-refractivity contribution in [1.82, 2.24) is 15.1 Å². The van der Waals surface area contributed by atoms with E-state index in [1.165, 1.54) is 12.5 Å². The molecule has 1 saturated heterocycles. The summed E-state index contributed by atoms with van der Waals surface area (Å²) in [6.07, 6.45) is 5.55. The van der Waals surface area contributed by atoms with Crippen LogP contribution >= 0.6 is 0 Å². The fourth-order valence-electron chi connectivity index (χ4n) is 4.07. The Morgan fingerprint density at radius 1 is 1.17 bits per heavy atom. The van der Waals surface area contributed by atoms with Gasteiger partial charge in [0.05, 0.1) is 12.1 Å². The third-order valence-electron chi connectivity index (χ3n) is 7.00. The topological polar surface area (TPSA) is 97.6 Å². The van der Waals surface area contributed by atoms with Crippen LogP contribution in [0.25, 0.3) is 0 Å². The normalized spacial score (nSPS) is 16.0. The minimum atomic E-state index is -0.981. The summed E-state index contributed by atoms with van der Waals surface area (Å²) in [6.45, 7) is 22.7. The monoisotopic (exact) mass is 575 g/mol. The van der Waals surface area contributed by atoms with Crippen molar-refractivity contribution < 1.29 is 19.1 Å². The second kappa shape index (κ2) is 21.8. The molecule has 2 heterocycles. The van der Waals surface area contributed by atoms with Gasteiger partial charge in [0.1, 0.15) is 17.5 Å². The number of carboxylic acids is 1. The fourth-order valence-corrected chi connectivity index (χ4v) is 4.07. The highest BCUT2D eigenvalue weighted by atomic mass is 19.1. The highest BCUT2D eigenvalue weighted by Crippen LogP contribution is 2.16. The van der Waals surface area contributed by atoms with E-state index in [9.17, 15) is 14.0 Å². The predicted octanol–water partition coefficient (Wildman–Crippen LogP) is 5.72. The minimum absolute atomic E-state index is 0.132. The van der Waals surface area contributed by atoms with Crippen molar-refractivity contribution in [3.63, 3.8) is 0 Å². The number of aldehydes is 1. The highest BCUT2D eigenvalue weighted by molar-refractivity contribution is 6.03. The number of piperazine rings is 1. The van der Waals surface area contributed by atoms with Crippen molar-refractivity contribution in [3.8, 4) is 0 Å². The largest absolute Gasteiger partial charge is 0.478 e. The van der Waals surface area contributed by atoms with Gasteiger partial charge >= 0.3 is 5.97 Å². The molecule has 0 radical (unpaired) electrons. The summed E-state index contributed by atoms with van der Waals surface area (Å²) in [7, 11) is 1.98. The van der Waals surface area contributed by atoms with Crippen LogP contribution in [-0.2, 0) is 11.2 Å². The summed E-state index contributed by atoms with van der Waals surface area (Å²) in [6, 6.07) is 6.11. The molecule has 41 heavy (non-hydrogen) atoms. The summed E-state index contributed by atoms with van der Waals surface area (Å²) in [4.78, 5) is 34.1. The smallest absolute Gasteiger partial charge is 0.327 e. The molecule has 2 aliphatic rings. The molecule has 1 aromatic rings. The number of aliphatic imine (C=N–C) groups is 2. The maximum absolute atomic E-state index is 13.7. The molecule has 0 aromatic heterocycles. The van der Waals surface area contributed by atoms with Gasteiger partial charge in [0.15, 0.2) is 6.29 Å². The Balaban J connectivity index is 0.00000103. The lowest BCUT2D eigenvalue weighted by Crippen LogP contribution is -2.51. The number of rotatable bonds is 10. The number of aryl methyl sites for hydroxylation is 1. The van der Waals surface area contributed by atoms with Gasteiger partial charge in [-0.05, 0) is 64.3 Å². The number of benzene rings is 1. The average Bonchev–Trinajstić information content (AvgIpc) is 3.49. The van der Waals surface area contributed by atoms with E-state index in [2.05, 4.69) is 61.3 Å². The van der Waals surface area contributed by atoms with Crippen LogP contribution in [0.15, 0.2) is 40.8 Å². The van der Waals surface area contributed by atoms with Gasteiger partial charge < -0.3 is 15.3 Å². The Morgan fingerprint density at radius 3 is 2.20 bits per heavy atom. The van der Waals surface area contributed by atoms with Gasteiger partial charge in [-0.1, -0.05) is 47.3 Å². The number of amidine groups is 2. The van der Waals surface area contributed by atoms with Crippen LogP contribution in [0.4, 0.5) is 4.39 Å². The second-order valence-corrected chi connectivity index (χ2v) is 10.2. The summed E-state index contributed by atoms with van der Waals surface area (Å²) in [5.41, 5.74) is 1.09. The van der Waals surface area contributed by atoms with Gasteiger partial charge in [-0.2, -0.15) is 0 Å². The van der Waals surface area contributed by atoms with Crippen LogP contribution in [-0.4, -0.2) is 90.7 Å². The first-order valence-electron chi connectivity index (χ1n) is 14.9. The molecule has 2 aliphatic heterocycles. The van der Waals surface area contributed by atoms with Gasteiger partial charge in [0, 0.05) is 50.3 Å². The van der Waals surface area contributed by atoms with Crippen LogP contribution < -0.4 is 5.32 Å². The summed E-state index contributed by atoms with van der Waals surface area (Å²) < 4.78 is 13.7. The SMILES string of the molecule is C=CC(=O)O.CC.CC(C)C1=NCC(N2CCN(C(C)CCCc3ccc(C=O)c(F)c3)CC2)=N1.CCC(C)NC. The molecule has 0 amide bonds. The number of hydrogen-bond donors (Lipinski definition) is 2. The van der Waals surface area contributed by atoms with E-state index >= 15 is 0 Å². The lowest BCUT2D eigenvalue weighted by atomic mass is 10.0. The number of carbonyl (C=O) groups excluding carboxylic acids is 1. The number of aliphatic carboxylic acids is 1. The summed E-state index contributed by atoms with van der Waals surface area (Å²) >= 11 is 0. The average molecular weight is 576 g/mol. The molecule has 0 bridgehead atoms. The maximum atomic E-state index is 13.7. The lowest BCUT2D eigenvalue weighted by Gasteiger charge is -2.39. The van der Waals surface area contributed by atoms with Crippen molar-refractivity contribution in [2.75, 3.05) is 39.8 Å². The fraction of sp³-hybridized carbons (Fsp3) is 0.625. The third kappa shape index (κ3) is 15.0. The molecule has 1 fully saturated rings. The van der Waals surface area contributed by atoms with Crippen molar-refractivity contribution in [2.45, 2.75) is 86.2 Å². The molecule has 0 saturated carbocycles. The van der Waals surface area contributed by atoms with E-state index in [-0.39, 0.29) is 5.56 Å². The van der Waals surface area contributed by atoms with Crippen LogP contribution in [0, 0.1) is 11.7 Å².